The van der Waals surface area contributed by atoms with Crippen LogP contribution in [-0.2, 0) is 4.74 Å². The monoisotopic (exact) mass is 255 g/mol. The average Bonchev–Trinajstić information content (AvgIpc) is 2.74. The van der Waals surface area contributed by atoms with Gasteiger partial charge in [-0.1, -0.05) is 5.16 Å². The quantitative estimate of drug-likeness (QED) is 0.365. The minimum Gasteiger partial charge on any atom is -0.411 e. The molecule has 2 heterocycles. The van der Waals surface area contributed by atoms with Crippen LogP contribution in [0.25, 0.3) is 0 Å². The third-order valence-electron chi connectivity index (χ3n) is 2.91. The van der Waals surface area contributed by atoms with E-state index in [1.807, 2.05) is 0 Å². The van der Waals surface area contributed by atoms with Crippen LogP contribution in [0.3, 0.4) is 0 Å². The maximum Gasteiger partial charge on any atom is 0.330 e. The zero-order valence-corrected chi connectivity index (χ0v) is 9.44. The topological polar surface area (TPSA) is 117 Å². The summed E-state index contributed by atoms with van der Waals surface area (Å²) in [6.07, 6.45) is 2.68. The summed E-state index contributed by atoms with van der Waals surface area (Å²) in [5, 5.41) is 20.7. The van der Waals surface area contributed by atoms with Gasteiger partial charge in [0.1, 0.15) is 11.8 Å². The Labute approximate surface area is 101 Å². The Balaban J connectivity index is 2.28. The molecule has 1 aromatic rings. The Morgan fingerprint density at radius 2 is 2.44 bits per heavy atom. The number of rotatable bonds is 3. The molecule has 0 spiro atoms. The van der Waals surface area contributed by atoms with Crippen LogP contribution in [0, 0.1) is 0 Å². The lowest BCUT2D eigenvalue weighted by molar-refractivity contribution is -0.0571. The van der Waals surface area contributed by atoms with E-state index in [0.717, 1.165) is 6.21 Å². The van der Waals surface area contributed by atoms with Crippen molar-refractivity contribution in [2.75, 3.05) is 6.61 Å². The van der Waals surface area contributed by atoms with Gasteiger partial charge in [0.05, 0.1) is 12.8 Å². The maximum atomic E-state index is 11.6. The number of aromatic amines is 1. The number of aromatic nitrogens is 2. The summed E-state index contributed by atoms with van der Waals surface area (Å²) in [4.78, 5) is 24.6. The summed E-state index contributed by atoms with van der Waals surface area (Å²) in [6, 6.07) is 1.21. The summed E-state index contributed by atoms with van der Waals surface area (Å²) >= 11 is 0. The largest absolute Gasteiger partial charge is 0.411 e. The van der Waals surface area contributed by atoms with Crippen molar-refractivity contribution in [2.24, 2.45) is 5.16 Å². The summed E-state index contributed by atoms with van der Waals surface area (Å²) in [5.41, 5.74) is -2.16. The first-order chi connectivity index (χ1) is 8.60. The minimum absolute atomic E-state index is 0.355. The normalized spacial score (nSPS) is 27.9. The molecule has 3 N–H and O–H groups in total. The van der Waals surface area contributed by atoms with E-state index in [-0.39, 0.29) is 6.61 Å². The number of hydrogen-bond acceptors (Lipinski definition) is 6. The molecule has 98 valence electrons. The summed E-state index contributed by atoms with van der Waals surface area (Å²) in [6.45, 7) is -0.355. The number of aliphatic hydroxyl groups excluding tert-OH is 1. The Morgan fingerprint density at radius 1 is 1.67 bits per heavy atom. The lowest BCUT2D eigenvalue weighted by Gasteiger charge is -2.22. The highest BCUT2D eigenvalue weighted by molar-refractivity contribution is 5.68. The third-order valence-corrected chi connectivity index (χ3v) is 2.91. The number of nitrogens with one attached hydrogen (secondary N) is 1. The molecule has 1 fully saturated rings. The molecule has 0 unspecified atom stereocenters. The van der Waals surface area contributed by atoms with Gasteiger partial charge in [-0.15, -0.1) is 0 Å². The molecule has 2 atom stereocenters. The number of ether oxygens (including phenoxy) is 1. The molecule has 1 saturated heterocycles. The van der Waals surface area contributed by atoms with E-state index in [1.54, 1.807) is 0 Å². The van der Waals surface area contributed by atoms with Crippen LogP contribution >= 0.6 is 0 Å². The van der Waals surface area contributed by atoms with E-state index in [4.69, 9.17) is 9.94 Å². The fraction of sp³-hybridized carbons (Fsp3) is 0.500. The van der Waals surface area contributed by atoms with Gasteiger partial charge in [-0.2, -0.15) is 0 Å². The molecule has 18 heavy (non-hydrogen) atoms. The van der Waals surface area contributed by atoms with Crippen molar-refractivity contribution in [2.45, 2.75) is 24.7 Å². The van der Waals surface area contributed by atoms with Crippen molar-refractivity contribution in [1.82, 2.24) is 9.55 Å². The van der Waals surface area contributed by atoms with Crippen molar-refractivity contribution in [1.29, 1.82) is 0 Å². The molecule has 0 aliphatic carbocycles. The van der Waals surface area contributed by atoms with Crippen molar-refractivity contribution >= 4 is 6.21 Å². The van der Waals surface area contributed by atoms with E-state index in [2.05, 4.69) is 10.1 Å². The molecule has 8 heteroatoms. The molecule has 2 rings (SSSR count). The van der Waals surface area contributed by atoms with E-state index in [9.17, 15) is 14.7 Å². The van der Waals surface area contributed by atoms with Gasteiger partial charge in [0, 0.05) is 12.3 Å². The second kappa shape index (κ2) is 4.75. The zero-order valence-electron chi connectivity index (χ0n) is 9.44. The van der Waals surface area contributed by atoms with Gasteiger partial charge in [0.2, 0.25) is 0 Å². The Kier molecular flexibility index (Phi) is 3.30. The van der Waals surface area contributed by atoms with E-state index < -0.39 is 23.1 Å². The first kappa shape index (κ1) is 12.5. The second-order valence-electron chi connectivity index (χ2n) is 4.10. The van der Waals surface area contributed by atoms with Gasteiger partial charge in [-0.3, -0.25) is 14.3 Å². The molecule has 0 radical (unpaired) electrons. The van der Waals surface area contributed by atoms with Gasteiger partial charge >= 0.3 is 5.69 Å². The number of aliphatic hydroxyl groups is 1. The Bertz CT molecular complexity index is 563. The van der Waals surface area contributed by atoms with Crippen LogP contribution < -0.4 is 11.2 Å². The van der Waals surface area contributed by atoms with Gasteiger partial charge in [-0.05, 0) is 12.8 Å². The number of H-pyrrole nitrogens is 1. The van der Waals surface area contributed by atoms with E-state index >= 15 is 0 Å². The molecule has 0 aromatic carbocycles. The van der Waals surface area contributed by atoms with E-state index in [1.165, 1.54) is 16.8 Å². The fourth-order valence-electron chi connectivity index (χ4n) is 1.96. The highest BCUT2D eigenvalue weighted by Crippen LogP contribution is 2.34. The van der Waals surface area contributed by atoms with Crippen molar-refractivity contribution in [3.05, 3.63) is 33.1 Å². The van der Waals surface area contributed by atoms with Crippen LogP contribution in [0.5, 0.6) is 0 Å². The zero-order chi connectivity index (χ0) is 13.2. The first-order valence-electron chi connectivity index (χ1n) is 5.39. The highest BCUT2D eigenvalue weighted by atomic mass is 16.5. The van der Waals surface area contributed by atoms with Crippen LogP contribution in [0.15, 0.2) is 27.0 Å². The Morgan fingerprint density at radius 3 is 3.06 bits per heavy atom. The van der Waals surface area contributed by atoms with Crippen molar-refractivity contribution < 1.29 is 15.1 Å². The molecule has 0 amide bonds. The fourth-order valence-corrected chi connectivity index (χ4v) is 1.96. The van der Waals surface area contributed by atoms with Crippen LogP contribution in [-0.4, -0.2) is 38.3 Å². The van der Waals surface area contributed by atoms with Crippen LogP contribution in [0.2, 0.25) is 0 Å². The van der Waals surface area contributed by atoms with Gasteiger partial charge in [0.25, 0.3) is 5.56 Å². The Hall–Kier alpha value is -1.93. The summed E-state index contributed by atoms with van der Waals surface area (Å²) in [7, 11) is 0. The smallest absolute Gasteiger partial charge is 0.330 e. The summed E-state index contributed by atoms with van der Waals surface area (Å²) in [5.74, 6) is 0. The lowest BCUT2D eigenvalue weighted by atomic mass is 10.0. The predicted molar refractivity (Wildman–Crippen MR) is 60.8 cm³/mol. The molecule has 1 aromatic heterocycles. The molecule has 1 aliphatic rings. The number of oxime groups is 1. The van der Waals surface area contributed by atoms with Gasteiger partial charge < -0.3 is 15.1 Å². The number of nitrogens with zero attached hydrogens (tertiary/aromatic N) is 2. The SMILES string of the molecule is O=c1ccn([C@@H]2CC[C@](C=NO)(CO)O2)c(=O)[nH]1. The standard InChI is InChI=1S/C10H13N3O5/c14-6-10(5-11-17)3-1-8(18-10)13-4-2-7(15)12-9(13)16/h2,4-5,8,14,17H,1,3,6H2,(H,12,15,16)/t8-,10-/m0/s1. The molecular weight excluding hydrogens is 242 g/mol. The van der Waals surface area contributed by atoms with Gasteiger partial charge in [-0.25, -0.2) is 4.79 Å². The minimum atomic E-state index is -1.09. The third kappa shape index (κ3) is 2.20. The molecule has 0 bridgehead atoms. The van der Waals surface area contributed by atoms with Crippen LogP contribution in [0.1, 0.15) is 19.1 Å². The lowest BCUT2D eigenvalue weighted by Crippen LogP contribution is -2.37. The van der Waals surface area contributed by atoms with Crippen molar-refractivity contribution in [3.8, 4) is 0 Å². The van der Waals surface area contributed by atoms with E-state index in [0.29, 0.717) is 12.8 Å². The first-order valence-corrected chi connectivity index (χ1v) is 5.39. The maximum absolute atomic E-state index is 11.6. The number of hydrogen-bond donors (Lipinski definition) is 3. The predicted octanol–water partition coefficient (Wildman–Crippen LogP) is -0.963. The van der Waals surface area contributed by atoms with Gasteiger partial charge in [0.15, 0.2) is 0 Å². The molecular formula is C10H13N3O5. The highest BCUT2D eigenvalue weighted by Gasteiger charge is 2.40. The average molecular weight is 255 g/mol. The molecule has 1 aliphatic heterocycles. The van der Waals surface area contributed by atoms with Crippen molar-refractivity contribution in [3.63, 3.8) is 0 Å². The molecule has 8 nitrogen and oxygen atoms in total. The molecule has 0 saturated carbocycles. The summed E-state index contributed by atoms with van der Waals surface area (Å²) < 4.78 is 6.75. The van der Waals surface area contributed by atoms with Crippen LogP contribution in [0.4, 0.5) is 0 Å². The second-order valence-corrected chi connectivity index (χ2v) is 4.10.